The number of hydrogen-bond acceptors (Lipinski definition) is 2. The van der Waals surface area contributed by atoms with Crippen molar-refractivity contribution in [3.8, 4) is 5.75 Å². The number of amides is 1. The Morgan fingerprint density at radius 1 is 1.24 bits per heavy atom. The average molecular weight is 369 g/mol. The monoisotopic (exact) mass is 367 g/mol. The molecule has 2 aromatic rings. The average Bonchev–Trinajstić information content (AvgIpc) is 2.53. The van der Waals surface area contributed by atoms with E-state index in [0.29, 0.717) is 22.9 Å². The first-order valence-corrected chi connectivity index (χ1v) is 7.90. The Bertz CT molecular complexity index is 629. The molecule has 0 fully saturated rings. The zero-order chi connectivity index (χ0) is 15.2. The largest absolute Gasteiger partial charge is 0.496 e. The van der Waals surface area contributed by atoms with E-state index in [9.17, 15) is 4.79 Å². The predicted octanol–water partition coefficient (Wildman–Crippen LogP) is 4.17. The fourth-order valence-electron chi connectivity index (χ4n) is 1.92. The van der Waals surface area contributed by atoms with Gasteiger partial charge < -0.3 is 10.1 Å². The van der Waals surface area contributed by atoms with Crippen LogP contribution >= 0.6 is 27.5 Å². The van der Waals surface area contributed by atoms with Gasteiger partial charge in [0.2, 0.25) is 0 Å². The van der Waals surface area contributed by atoms with Crippen molar-refractivity contribution in [1.29, 1.82) is 0 Å². The van der Waals surface area contributed by atoms with Crippen LogP contribution in [-0.4, -0.2) is 13.0 Å². The number of hydrogen-bond donors (Lipinski definition) is 1. The smallest absolute Gasteiger partial charge is 0.251 e. The van der Waals surface area contributed by atoms with Crippen LogP contribution in [0.2, 0.25) is 5.02 Å². The van der Waals surface area contributed by atoms with Gasteiger partial charge in [0.25, 0.3) is 5.91 Å². The fraction of sp³-hybridized carbons (Fsp3) is 0.188. The molecule has 1 N–H and O–H groups in total. The van der Waals surface area contributed by atoms with Crippen molar-refractivity contribution in [3.05, 3.63) is 64.2 Å². The van der Waals surface area contributed by atoms with Crippen molar-refractivity contribution in [1.82, 2.24) is 5.32 Å². The molecule has 110 valence electrons. The predicted molar refractivity (Wildman–Crippen MR) is 88.2 cm³/mol. The van der Waals surface area contributed by atoms with Gasteiger partial charge in [-0.1, -0.05) is 45.7 Å². The van der Waals surface area contributed by atoms with Crippen molar-refractivity contribution in [2.24, 2.45) is 0 Å². The van der Waals surface area contributed by atoms with E-state index in [4.69, 9.17) is 16.3 Å². The number of ether oxygens (including phenoxy) is 1. The lowest BCUT2D eigenvalue weighted by Gasteiger charge is -2.11. The topological polar surface area (TPSA) is 38.3 Å². The van der Waals surface area contributed by atoms with Gasteiger partial charge in [-0.3, -0.25) is 4.79 Å². The maximum atomic E-state index is 12.1. The lowest BCUT2D eigenvalue weighted by atomic mass is 10.1. The summed E-state index contributed by atoms with van der Waals surface area (Å²) in [5.74, 6) is 0.524. The maximum absolute atomic E-state index is 12.1. The van der Waals surface area contributed by atoms with Crippen LogP contribution in [0.4, 0.5) is 0 Å². The van der Waals surface area contributed by atoms with Crippen LogP contribution in [0.1, 0.15) is 21.5 Å². The van der Waals surface area contributed by atoms with Crippen molar-refractivity contribution in [2.45, 2.75) is 11.9 Å². The summed E-state index contributed by atoms with van der Waals surface area (Å²) >= 11 is 9.52. The number of methoxy groups -OCH3 is 1. The second-order valence-electron chi connectivity index (χ2n) is 4.43. The van der Waals surface area contributed by atoms with E-state index in [-0.39, 0.29) is 5.91 Å². The number of alkyl halides is 1. The summed E-state index contributed by atoms with van der Waals surface area (Å²) in [6.45, 7) is 0.321. The standard InChI is InChI=1S/C16H15BrClNO2/c1-21-15-4-2-3-14(18)13(15)10-19-16(20)12-7-5-11(9-17)6-8-12/h2-8H,9-10H2,1H3,(H,19,20). The lowest BCUT2D eigenvalue weighted by molar-refractivity contribution is 0.0950. The number of nitrogens with one attached hydrogen (secondary N) is 1. The molecule has 21 heavy (non-hydrogen) atoms. The molecule has 0 saturated heterocycles. The van der Waals surface area contributed by atoms with Gasteiger partial charge >= 0.3 is 0 Å². The van der Waals surface area contributed by atoms with Gasteiger partial charge in [0.15, 0.2) is 0 Å². The molecule has 0 aliphatic heterocycles. The van der Waals surface area contributed by atoms with Crippen LogP contribution in [0.5, 0.6) is 5.75 Å². The summed E-state index contributed by atoms with van der Waals surface area (Å²) in [6, 6.07) is 12.8. The molecule has 0 aliphatic carbocycles. The van der Waals surface area contributed by atoms with Gasteiger partial charge in [-0.25, -0.2) is 0 Å². The van der Waals surface area contributed by atoms with Crippen molar-refractivity contribution in [3.63, 3.8) is 0 Å². The summed E-state index contributed by atoms with van der Waals surface area (Å²) < 4.78 is 5.25. The quantitative estimate of drug-likeness (QED) is 0.804. The van der Waals surface area contributed by atoms with Gasteiger partial charge in [-0.05, 0) is 29.8 Å². The molecule has 0 saturated carbocycles. The minimum absolute atomic E-state index is 0.141. The summed E-state index contributed by atoms with van der Waals surface area (Å²) in [4.78, 5) is 12.1. The Hall–Kier alpha value is -1.52. The second kappa shape index (κ2) is 7.48. The summed E-state index contributed by atoms with van der Waals surface area (Å²) in [5.41, 5.74) is 2.51. The number of carbonyl (C=O) groups excluding carboxylic acids is 1. The molecular formula is C16H15BrClNO2. The van der Waals surface area contributed by atoms with E-state index < -0.39 is 0 Å². The highest BCUT2D eigenvalue weighted by Crippen LogP contribution is 2.25. The third-order valence-corrected chi connectivity index (χ3v) is 4.09. The number of halogens is 2. The molecule has 0 heterocycles. The summed E-state index contributed by atoms with van der Waals surface area (Å²) in [6.07, 6.45) is 0. The minimum atomic E-state index is -0.141. The van der Waals surface area contributed by atoms with Gasteiger partial charge in [-0.15, -0.1) is 0 Å². The molecule has 0 aromatic heterocycles. The van der Waals surface area contributed by atoms with Gasteiger partial charge in [-0.2, -0.15) is 0 Å². The van der Waals surface area contributed by atoms with Crippen LogP contribution in [0.3, 0.4) is 0 Å². The maximum Gasteiger partial charge on any atom is 0.251 e. The van der Waals surface area contributed by atoms with Crippen LogP contribution in [0.25, 0.3) is 0 Å². The number of benzene rings is 2. The fourth-order valence-corrected chi connectivity index (χ4v) is 2.52. The highest BCUT2D eigenvalue weighted by molar-refractivity contribution is 9.08. The third-order valence-electron chi connectivity index (χ3n) is 3.09. The number of rotatable bonds is 5. The molecule has 1 amide bonds. The summed E-state index contributed by atoms with van der Waals surface area (Å²) in [7, 11) is 1.58. The van der Waals surface area contributed by atoms with E-state index >= 15 is 0 Å². The van der Waals surface area contributed by atoms with E-state index in [1.807, 2.05) is 24.3 Å². The van der Waals surface area contributed by atoms with Gasteiger partial charge in [0.05, 0.1) is 7.11 Å². The molecule has 0 unspecified atom stereocenters. The van der Waals surface area contributed by atoms with Gasteiger partial charge in [0, 0.05) is 28.0 Å². The van der Waals surface area contributed by atoms with E-state index in [1.54, 1.807) is 25.3 Å². The first-order chi connectivity index (χ1) is 10.2. The Balaban J connectivity index is 2.07. The van der Waals surface area contributed by atoms with Crippen LogP contribution in [-0.2, 0) is 11.9 Å². The first kappa shape index (κ1) is 15.9. The first-order valence-electron chi connectivity index (χ1n) is 6.40. The highest BCUT2D eigenvalue weighted by Gasteiger charge is 2.10. The van der Waals surface area contributed by atoms with Crippen molar-refractivity contribution >= 4 is 33.4 Å². The second-order valence-corrected chi connectivity index (χ2v) is 5.40. The summed E-state index contributed by atoms with van der Waals surface area (Å²) in [5, 5.41) is 4.20. The molecule has 5 heteroatoms. The molecule has 2 rings (SSSR count). The zero-order valence-electron chi connectivity index (χ0n) is 11.5. The normalized spacial score (nSPS) is 10.2. The number of carbonyl (C=O) groups is 1. The zero-order valence-corrected chi connectivity index (χ0v) is 13.9. The molecule has 3 nitrogen and oxygen atoms in total. The van der Waals surface area contributed by atoms with Crippen molar-refractivity contribution in [2.75, 3.05) is 7.11 Å². The van der Waals surface area contributed by atoms with E-state index in [1.165, 1.54) is 0 Å². The molecule has 0 aliphatic rings. The molecule has 0 bridgehead atoms. The third kappa shape index (κ3) is 3.99. The Morgan fingerprint density at radius 3 is 2.57 bits per heavy atom. The Morgan fingerprint density at radius 2 is 1.95 bits per heavy atom. The molecule has 0 atom stereocenters. The molecule has 0 spiro atoms. The highest BCUT2D eigenvalue weighted by atomic mass is 79.9. The van der Waals surface area contributed by atoms with Crippen molar-refractivity contribution < 1.29 is 9.53 Å². The van der Waals surface area contributed by atoms with E-state index in [2.05, 4.69) is 21.2 Å². The van der Waals surface area contributed by atoms with Crippen LogP contribution < -0.4 is 10.1 Å². The Labute approximate surface area is 137 Å². The molecular weight excluding hydrogens is 354 g/mol. The molecule has 2 aromatic carbocycles. The van der Waals surface area contributed by atoms with Crippen LogP contribution in [0.15, 0.2) is 42.5 Å². The minimum Gasteiger partial charge on any atom is -0.496 e. The lowest BCUT2D eigenvalue weighted by Crippen LogP contribution is -2.23. The van der Waals surface area contributed by atoms with Gasteiger partial charge in [0.1, 0.15) is 5.75 Å². The van der Waals surface area contributed by atoms with Crippen LogP contribution in [0, 0.1) is 0 Å². The van der Waals surface area contributed by atoms with E-state index in [0.717, 1.165) is 16.5 Å². The Kier molecular flexibility index (Phi) is 5.65. The molecule has 0 radical (unpaired) electrons. The SMILES string of the molecule is COc1cccc(Cl)c1CNC(=O)c1ccc(CBr)cc1.